The molecule has 3 heteroatoms. The van der Waals surface area contributed by atoms with Crippen molar-refractivity contribution in [1.82, 2.24) is 9.80 Å². The summed E-state index contributed by atoms with van der Waals surface area (Å²) < 4.78 is 0. The Kier molecular flexibility index (Phi) is 6.11. The van der Waals surface area contributed by atoms with Gasteiger partial charge in [-0.3, -0.25) is 9.80 Å². The molecule has 0 aromatic carbocycles. The highest BCUT2D eigenvalue weighted by Gasteiger charge is 2.28. The second-order valence-electron chi connectivity index (χ2n) is 6.66. The maximum Gasteiger partial charge on any atom is 0.0219 e. The number of piperazine rings is 1. The molecule has 1 saturated carbocycles. The quantitative estimate of drug-likeness (QED) is 0.829. The summed E-state index contributed by atoms with van der Waals surface area (Å²) in [6.45, 7) is 10.5. The molecule has 2 N–H and O–H groups in total. The maximum absolute atomic E-state index is 5.93. The highest BCUT2D eigenvalue weighted by molar-refractivity contribution is 4.84. The topological polar surface area (TPSA) is 32.5 Å². The Hall–Kier alpha value is -0.120. The average Bonchev–Trinajstić information content (AvgIpc) is 2.46. The first-order valence-electron chi connectivity index (χ1n) is 8.42. The van der Waals surface area contributed by atoms with Gasteiger partial charge in [0, 0.05) is 44.8 Å². The fourth-order valence-electron chi connectivity index (χ4n) is 3.86. The summed E-state index contributed by atoms with van der Waals surface area (Å²) in [6, 6.07) is 1.50. The van der Waals surface area contributed by atoms with Crippen molar-refractivity contribution in [3.05, 3.63) is 0 Å². The van der Waals surface area contributed by atoms with Crippen molar-refractivity contribution >= 4 is 0 Å². The summed E-state index contributed by atoms with van der Waals surface area (Å²) >= 11 is 0. The smallest absolute Gasteiger partial charge is 0.0219 e. The molecule has 2 aliphatic rings. The molecular formula is C16H33N3. The predicted molar refractivity (Wildman–Crippen MR) is 82.3 cm³/mol. The molecule has 2 fully saturated rings. The Balaban J connectivity index is 1.75. The normalized spacial score (nSPS) is 32.4. The van der Waals surface area contributed by atoms with Crippen molar-refractivity contribution in [2.45, 2.75) is 64.5 Å². The molecule has 1 saturated heterocycles. The number of nitrogens with two attached hydrogens (primary N) is 1. The molecule has 1 aliphatic heterocycles. The third-order valence-corrected chi connectivity index (χ3v) is 5.26. The molecule has 3 nitrogen and oxygen atoms in total. The van der Waals surface area contributed by atoms with Crippen LogP contribution < -0.4 is 5.73 Å². The van der Waals surface area contributed by atoms with Gasteiger partial charge in [0.15, 0.2) is 0 Å². The van der Waals surface area contributed by atoms with Crippen LogP contribution in [0.15, 0.2) is 0 Å². The monoisotopic (exact) mass is 267 g/mol. The van der Waals surface area contributed by atoms with Crippen LogP contribution in [-0.2, 0) is 0 Å². The summed E-state index contributed by atoms with van der Waals surface area (Å²) in [4.78, 5) is 5.38. The van der Waals surface area contributed by atoms with Gasteiger partial charge in [0.05, 0.1) is 0 Å². The average molecular weight is 267 g/mol. The number of hydrogen-bond donors (Lipinski definition) is 1. The van der Waals surface area contributed by atoms with E-state index in [1.165, 1.54) is 64.7 Å². The third-order valence-electron chi connectivity index (χ3n) is 5.26. The van der Waals surface area contributed by atoms with E-state index in [4.69, 9.17) is 5.73 Å². The highest BCUT2D eigenvalue weighted by atomic mass is 15.3. The molecule has 0 bridgehead atoms. The minimum Gasteiger partial charge on any atom is -0.329 e. The molecule has 0 spiro atoms. The van der Waals surface area contributed by atoms with Gasteiger partial charge in [-0.25, -0.2) is 0 Å². The van der Waals surface area contributed by atoms with Crippen LogP contribution in [0, 0.1) is 5.92 Å². The maximum atomic E-state index is 5.93. The van der Waals surface area contributed by atoms with Gasteiger partial charge >= 0.3 is 0 Å². The van der Waals surface area contributed by atoms with Crippen LogP contribution in [0.3, 0.4) is 0 Å². The van der Waals surface area contributed by atoms with Crippen LogP contribution in [0.4, 0.5) is 0 Å². The first-order valence-corrected chi connectivity index (χ1v) is 8.42. The van der Waals surface area contributed by atoms with Gasteiger partial charge in [0.1, 0.15) is 0 Å². The summed E-state index contributed by atoms with van der Waals surface area (Å²) in [5, 5.41) is 0. The molecule has 19 heavy (non-hydrogen) atoms. The van der Waals surface area contributed by atoms with Crippen molar-refractivity contribution in [2.75, 3.05) is 32.7 Å². The van der Waals surface area contributed by atoms with Crippen LogP contribution in [0.1, 0.15) is 52.4 Å². The lowest BCUT2D eigenvalue weighted by molar-refractivity contribution is 0.0511. The lowest BCUT2D eigenvalue weighted by atomic mass is 9.86. The summed E-state index contributed by atoms with van der Waals surface area (Å²) in [6.07, 6.45) is 8.24. The molecule has 0 radical (unpaired) electrons. The second-order valence-corrected chi connectivity index (χ2v) is 6.66. The lowest BCUT2D eigenvalue weighted by Gasteiger charge is -2.43. The number of hydrogen-bond acceptors (Lipinski definition) is 3. The molecule has 0 aromatic rings. The summed E-state index contributed by atoms with van der Waals surface area (Å²) in [7, 11) is 0. The molecule has 112 valence electrons. The van der Waals surface area contributed by atoms with Crippen LogP contribution in [0.2, 0.25) is 0 Å². The van der Waals surface area contributed by atoms with Gasteiger partial charge in [-0.05, 0) is 38.0 Å². The molecule has 0 amide bonds. The Morgan fingerprint density at radius 1 is 1.05 bits per heavy atom. The standard InChI is InChI=1S/C16H33N3/c1-3-4-16(13-17)19-11-9-18(10-12-19)15-7-5-14(2)6-8-15/h14-16H,3-13,17H2,1-2H3. The van der Waals surface area contributed by atoms with E-state index in [9.17, 15) is 0 Å². The van der Waals surface area contributed by atoms with E-state index < -0.39 is 0 Å². The Morgan fingerprint density at radius 2 is 1.68 bits per heavy atom. The molecule has 1 aliphatic carbocycles. The Labute approximate surface area is 119 Å². The predicted octanol–water partition coefficient (Wildman–Crippen LogP) is 2.31. The van der Waals surface area contributed by atoms with Gasteiger partial charge in [0.2, 0.25) is 0 Å². The van der Waals surface area contributed by atoms with Crippen molar-refractivity contribution < 1.29 is 0 Å². The van der Waals surface area contributed by atoms with Gasteiger partial charge in [-0.15, -0.1) is 0 Å². The van der Waals surface area contributed by atoms with Crippen LogP contribution in [-0.4, -0.2) is 54.6 Å². The van der Waals surface area contributed by atoms with Gasteiger partial charge < -0.3 is 5.73 Å². The van der Waals surface area contributed by atoms with E-state index in [-0.39, 0.29) is 0 Å². The van der Waals surface area contributed by atoms with Crippen molar-refractivity contribution in [3.8, 4) is 0 Å². The fourth-order valence-corrected chi connectivity index (χ4v) is 3.86. The largest absolute Gasteiger partial charge is 0.329 e. The SMILES string of the molecule is CCCC(CN)N1CCN(C2CCC(C)CC2)CC1. The number of rotatable bonds is 5. The first kappa shape index (κ1) is 15.3. The molecular weight excluding hydrogens is 234 g/mol. The van der Waals surface area contributed by atoms with Gasteiger partial charge in [0.25, 0.3) is 0 Å². The Bertz CT molecular complexity index is 240. The zero-order chi connectivity index (χ0) is 13.7. The highest BCUT2D eigenvalue weighted by Crippen LogP contribution is 2.27. The fraction of sp³-hybridized carbons (Fsp3) is 1.00. The van der Waals surface area contributed by atoms with Crippen LogP contribution in [0.5, 0.6) is 0 Å². The van der Waals surface area contributed by atoms with E-state index in [0.29, 0.717) is 6.04 Å². The Morgan fingerprint density at radius 3 is 2.21 bits per heavy atom. The third kappa shape index (κ3) is 4.17. The van der Waals surface area contributed by atoms with E-state index in [0.717, 1.165) is 18.5 Å². The van der Waals surface area contributed by atoms with Gasteiger partial charge in [-0.1, -0.05) is 20.3 Å². The molecule has 1 heterocycles. The summed E-state index contributed by atoms with van der Waals surface area (Å²) in [5.41, 5.74) is 5.93. The first-order chi connectivity index (χ1) is 9.24. The van der Waals surface area contributed by atoms with E-state index in [1.54, 1.807) is 0 Å². The molecule has 0 aromatic heterocycles. The van der Waals surface area contributed by atoms with E-state index in [2.05, 4.69) is 23.6 Å². The number of nitrogens with zero attached hydrogens (tertiary/aromatic N) is 2. The van der Waals surface area contributed by atoms with Crippen molar-refractivity contribution in [1.29, 1.82) is 0 Å². The molecule has 2 rings (SSSR count). The van der Waals surface area contributed by atoms with Crippen molar-refractivity contribution in [3.63, 3.8) is 0 Å². The zero-order valence-corrected chi connectivity index (χ0v) is 13.0. The molecule has 1 atom stereocenters. The van der Waals surface area contributed by atoms with E-state index >= 15 is 0 Å². The van der Waals surface area contributed by atoms with Crippen molar-refractivity contribution in [2.24, 2.45) is 11.7 Å². The van der Waals surface area contributed by atoms with Crippen LogP contribution in [0.25, 0.3) is 0 Å². The summed E-state index contributed by atoms with van der Waals surface area (Å²) in [5.74, 6) is 0.962. The van der Waals surface area contributed by atoms with Crippen LogP contribution >= 0.6 is 0 Å². The minimum absolute atomic E-state index is 0.624. The minimum atomic E-state index is 0.624. The lowest BCUT2D eigenvalue weighted by Crippen LogP contribution is -2.55. The van der Waals surface area contributed by atoms with E-state index in [1.807, 2.05) is 0 Å². The zero-order valence-electron chi connectivity index (χ0n) is 13.0. The molecule has 1 unspecified atom stereocenters. The second kappa shape index (κ2) is 7.61. The van der Waals surface area contributed by atoms with Gasteiger partial charge in [-0.2, -0.15) is 0 Å².